The predicted octanol–water partition coefficient (Wildman–Crippen LogP) is 2.40. The van der Waals surface area contributed by atoms with E-state index < -0.39 is 0 Å². The van der Waals surface area contributed by atoms with E-state index in [4.69, 9.17) is 0 Å². The van der Waals surface area contributed by atoms with E-state index in [-0.39, 0.29) is 21.1 Å². The summed E-state index contributed by atoms with van der Waals surface area (Å²) >= 11 is 0. The van der Waals surface area contributed by atoms with Gasteiger partial charge in [0.15, 0.2) is 0 Å². The molecule has 0 fully saturated rings. The van der Waals surface area contributed by atoms with Crippen molar-refractivity contribution < 1.29 is 21.1 Å². The Morgan fingerprint density at radius 1 is 1.29 bits per heavy atom. The zero-order valence-corrected chi connectivity index (χ0v) is 7.12. The van der Waals surface area contributed by atoms with Crippen LogP contribution in [0.25, 0.3) is 0 Å². The van der Waals surface area contributed by atoms with Crippen molar-refractivity contribution in [3.8, 4) is 0 Å². The van der Waals surface area contributed by atoms with Crippen molar-refractivity contribution in [2.45, 2.75) is 32.6 Å². The Bertz CT molecular complexity index is 16.1. The maximum absolute atomic E-state index is 3.72. The SMILES string of the molecule is [CH2-]CCCCC.[Pt]. The fraction of sp³-hybridized carbons (Fsp3) is 0.833. The third kappa shape index (κ3) is 10.8. The van der Waals surface area contributed by atoms with Crippen molar-refractivity contribution in [2.24, 2.45) is 0 Å². The molecule has 0 aliphatic carbocycles. The molecule has 0 nitrogen and oxygen atoms in total. The van der Waals surface area contributed by atoms with Crippen molar-refractivity contribution in [1.82, 2.24) is 0 Å². The van der Waals surface area contributed by atoms with Gasteiger partial charge in [0.25, 0.3) is 0 Å². The summed E-state index contributed by atoms with van der Waals surface area (Å²) < 4.78 is 0. The van der Waals surface area contributed by atoms with Crippen LogP contribution >= 0.6 is 0 Å². The van der Waals surface area contributed by atoms with Gasteiger partial charge >= 0.3 is 0 Å². The van der Waals surface area contributed by atoms with Crippen LogP contribution in [-0.4, -0.2) is 0 Å². The molecule has 0 aromatic heterocycles. The van der Waals surface area contributed by atoms with Gasteiger partial charge in [-0.3, -0.25) is 0 Å². The first kappa shape index (κ1) is 10.6. The van der Waals surface area contributed by atoms with Crippen LogP contribution in [0.15, 0.2) is 0 Å². The van der Waals surface area contributed by atoms with Crippen LogP contribution in [0.5, 0.6) is 0 Å². The molecular weight excluding hydrogens is 267 g/mol. The molecule has 0 rings (SSSR count). The van der Waals surface area contributed by atoms with E-state index in [9.17, 15) is 0 Å². The first-order valence-electron chi connectivity index (χ1n) is 2.71. The smallest absolute Gasteiger partial charge is 0 e. The summed E-state index contributed by atoms with van der Waals surface area (Å²) in [5, 5.41) is 0. The summed E-state index contributed by atoms with van der Waals surface area (Å²) in [5.41, 5.74) is 0. The van der Waals surface area contributed by atoms with Crippen LogP contribution in [0.3, 0.4) is 0 Å². The fourth-order valence-electron chi connectivity index (χ4n) is 0.427. The summed E-state index contributed by atoms with van der Waals surface area (Å²) in [6.45, 7) is 5.93. The number of hydrogen-bond acceptors (Lipinski definition) is 0. The van der Waals surface area contributed by atoms with Gasteiger partial charge in [-0.2, -0.15) is 6.42 Å². The van der Waals surface area contributed by atoms with Crippen LogP contribution < -0.4 is 0 Å². The van der Waals surface area contributed by atoms with Crippen LogP contribution in [0.1, 0.15) is 32.6 Å². The minimum atomic E-state index is 0. The van der Waals surface area contributed by atoms with Crippen molar-refractivity contribution in [3.63, 3.8) is 0 Å². The van der Waals surface area contributed by atoms with E-state index in [1.807, 2.05) is 0 Å². The number of unbranched alkanes of at least 4 members (excludes halogenated alkanes) is 3. The molecule has 0 atom stereocenters. The first-order chi connectivity index (χ1) is 2.91. The van der Waals surface area contributed by atoms with E-state index >= 15 is 0 Å². The van der Waals surface area contributed by atoms with Crippen molar-refractivity contribution >= 4 is 0 Å². The molecule has 0 radical (unpaired) electrons. The molecule has 0 saturated heterocycles. The monoisotopic (exact) mass is 280 g/mol. The molecule has 0 spiro atoms. The zero-order chi connectivity index (χ0) is 4.83. The van der Waals surface area contributed by atoms with E-state index in [1.165, 1.54) is 19.3 Å². The second-order valence-corrected chi connectivity index (χ2v) is 1.56. The molecule has 0 N–H and O–H groups in total. The molecule has 0 aromatic carbocycles. The first-order valence-corrected chi connectivity index (χ1v) is 2.71. The van der Waals surface area contributed by atoms with Crippen molar-refractivity contribution in [1.29, 1.82) is 0 Å². The Morgan fingerprint density at radius 3 is 2.00 bits per heavy atom. The van der Waals surface area contributed by atoms with Gasteiger partial charge in [-0.25, -0.2) is 0 Å². The second-order valence-electron chi connectivity index (χ2n) is 1.56. The minimum absolute atomic E-state index is 0. The van der Waals surface area contributed by atoms with Gasteiger partial charge in [0.1, 0.15) is 0 Å². The Hall–Kier alpha value is 0.688. The molecular formula is C6H13Pt-. The third-order valence-corrected chi connectivity index (χ3v) is 0.854. The van der Waals surface area contributed by atoms with Crippen LogP contribution in [-0.2, 0) is 21.1 Å². The van der Waals surface area contributed by atoms with Gasteiger partial charge in [-0.05, 0) is 0 Å². The summed E-state index contributed by atoms with van der Waals surface area (Å²) in [4.78, 5) is 0. The Kier molecular flexibility index (Phi) is 15.0. The molecule has 0 heterocycles. The van der Waals surface area contributed by atoms with Gasteiger partial charge in [-0.15, -0.1) is 0 Å². The van der Waals surface area contributed by atoms with Gasteiger partial charge in [0, 0.05) is 21.1 Å². The zero-order valence-electron chi connectivity index (χ0n) is 4.85. The topological polar surface area (TPSA) is 0 Å². The van der Waals surface area contributed by atoms with Gasteiger partial charge in [0.2, 0.25) is 0 Å². The van der Waals surface area contributed by atoms with Crippen LogP contribution in [0.2, 0.25) is 0 Å². The second kappa shape index (κ2) is 9.85. The maximum atomic E-state index is 3.72. The van der Waals surface area contributed by atoms with Crippen molar-refractivity contribution in [2.75, 3.05) is 0 Å². The molecule has 0 aliphatic heterocycles. The van der Waals surface area contributed by atoms with E-state index in [2.05, 4.69) is 13.8 Å². The Labute approximate surface area is 61.0 Å². The van der Waals surface area contributed by atoms with Gasteiger partial charge in [-0.1, -0.05) is 26.2 Å². The Morgan fingerprint density at radius 2 is 1.86 bits per heavy atom. The number of hydrogen-bond donors (Lipinski definition) is 0. The Balaban J connectivity index is 0. The fourth-order valence-corrected chi connectivity index (χ4v) is 0.427. The summed E-state index contributed by atoms with van der Waals surface area (Å²) in [7, 11) is 0. The molecule has 0 unspecified atom stereocenters. The molecule has 0 aliphatic rings. The third-order valence-electron chi connectivity index (χ3n) is 0.854. The van der Waals surface area contributed by atoms with Gasteiger partial charge < -0.3 is 6.92 Å². The standard InChI is InChI=1S/C6H13.Pt/c1-3-5-6-4-2;/h1,3-6H2,2H3;/q-1;. The molecule has 0 bridgehead atoms. The van der Waals surface area contributed by atoms with E-state index in [0.717, 1.165) is 6.42 Å². The normalized spacial score (nSPS) is 7.71. The van der Waals surface area contributed by atoms with Crippen LogP contribution in [0, 0.1) is 6.92 Å². The largest absolute Gasteiger partial charge is 0.343 e. The summed E-state index contributed by atoms with van der Waals surface area (Å²) in [6, 6.07) is 0. The quantitative estimate of drug-likeness (QED) is 0.550. The van der Waals surface area contributed by atoms with E-state index in [1.54, 1.807) is 0 Å². The van der Waals surface area contributed by atoms with E-state index in [0.29, 0.717) is 0 Å². The average Bonchev–Trinajstić information content (AvgIpc) is 1.61. The number of rotatable bonds is 3. The molecule has 1 heteroatoms. The van der Waals surface area contributed by atoms with Crippen molar-refractivity contribution in [3.05, 3.63) is 6.92 Å². The van der Waals surface area contributed by atoms with Crippen LogP contribution in [0.4, 0.5) is 0 Å². The molecule has 0 aromatic rings. The summed E-state index contributed by atoms with van der Waals surface area (Å²) in [5.74, 6) is 0. The average molecular weight is 280 g/mol. The molecule has 7 heavy (non-hydrogen) atoms. The predicted molar refractivity (Wildman–Crippen MR) is 29.5 cm³/mol. The minimum Gasteiger partial charge on any atom is -0.343 e. The van der Waals surface area contributed by atoms with Gasteiger partial charge in [0.05, 0.1) is 0 Å². The maximum Gasteiger partial charge on any atom is 0 e. The molecule has 0 saturated carbocycles. The molecule has 48 valence electrons. The molecule has 0 amide bonds. The summed E-state index contributed by atoms with van der Waals surface area (Å²) in [6.07, 6.45) is 5.07.